The van der Waals surface area contributed by atoms with Crippen molar-refractivity contribution in [1.82, 2.24) is 35.4 Å². The molecule has 4 heterocycles. The average Bonchev–Trinajstić information content (AvgIpc) is 3.54. The zero-order valence-electron chi connectivity index (χ0n) is 22.4. The highest BCUT2D eigenvalue weighted by Gasteiger charge is 2.54. The first kappa shape index (κ1) is 29.7. The number of nitrogens with zero attached hydrogens (tertiary/aromatic N) is 7. The lowest BCUT2D eigenvalue weighted by molar-refractivity contribution is -0.173. The van der Waals surface area contributed by atoms with Gasteiger partial charge in [0.2, 0.25) is 6.79 Å². The third-order valence-electron chi connectivity index (χ3n) is 5.86. The number of oxime groups is 1. The highest BCUT2D eigenvalue weighted by molar-refractivity contribution is 8.00. The van der Waals surface area contributed by atoms with Crippen molar-refractivity contribution in [2.24, 2.45) is 10.6 Å². The molecule has 1 unspecified atom stereocenters. The Morgan fingerprint density at radius 1 is 1.32 bits per heavy atom. The van der Waals surface area contributed by atoms with Crippen molar-refractivity contribution in [3.63, 3.8) is 0 Å². The number of amides is 2. The number of β-lactam (4-membered cyclic amide) rings is 1. The van der Waals surface area contributed by atoms with Crippen LogP contribution in [0.5, 0.6) is 0 Å². The van der Waals surface area contributed by atoms with Gasteiger partial charge in [-0.25, -0.2) is 14.5 Å². The van der Waals surface area contributed by atoms with Crippen LogP contribution >= 0.6 is 23.1 Å². The molecule has 0 radical (unpaired) electrons. The van der Waals surface area contributed by atoms with Crippen LogP contribution in [0.2, 0.25) is 0 Å². The third kappa shape index (κ3) is 6.37. The molecule has 0 aromatic carbocycles. The summed E-state index contributed by atoms with van der Waals surface area (Å²) in [4.78, 5) is 56.5. The third-order valence-corrected chi connectivity index (χ3v) is 7.83. The zero-order valence-corrected chi connectivity index (χ0v) is 24.1. The number of rotatable bonds is 9. The van der Waals surface area contributed by atoms with Crippen LogP contribution in [0.25, 0.3) is 0 Å². The van der Waals surface area contributed by atoms with Crippen LogP contribution in [-0.4, -0.2) is 88.7 Å². The summed E-state index contributed by atoms with van der Waals surface area (Å²) in [7, 11) is 0. The Hall–Kier alpha value is -4.32. The van der Waals surface area contributed by atoms with E-state index in [2.05, 4.69) is 31.0 Å². The number of thioether (sulfide) groups is 1. The number of carbonyl (C=O) groups excluding carboxylic acids is 4. The van der Waals surface area contributed by atoms with Gasteiger partial charge in [-0.05, 0) is 43.7 Å². The summed E-state index contributed by atoms with van der Waals surface area (Å²) in [5, 5.41) is 27.1. The summed E-state index contributed by atoms with van der Waals surface area (Å²) in [6.45, 7) is 6.36. The number of nitrogens with two attached hydrogens (primary N) is 1. The largest absolute Gasteiger partial charge is 0.427 e. The van der Waals surface area contributed by atoms with E-state index in [1.807, 2.05) is 0 Å². The van der Waals surface area contributed by atoms with Gasteiger partial charge in [0.05, 0.1) is 12.0 Å². The van der Waals surface area contributed by atoms with Gasteiger partial charge in [-0.15, -0.1) is 28.2 Å². The maximum Gasteiger partial charge on any atom is 0.358 e. The molecule has 0 aliphatic carbocycles. The first-order chi connectivity index (χ1) is 19.4. The average molecular weight is 606 g/mol. The molecule has 218 valence electrons. The molecule has 2 amide bonds. The number of nitrogen functional groups attached to an aromatic ring is 1. The van der Waals surface area contributed by atoms with Crippen LogP contribution in [0, 0.1) is 12.3 Å². The molecule has 18 heteroatoms. The Balaban J connectivity index is 1.52. The quantitative estimate of drug-likeness (QED) is 0.0870. The van der Waals surface area contributed by atoms with Gasteiger partial charge in [0, 0.05) is 11.1 Å². The first-order valence-corrected chi connectivity index (χ1v) is 14.0. The molecule has 1 saturated heterocycles. The van der Waals surface area contributed by atoms with Gasteiger partial charge in [-0.1, -0.05) is 17.3 Å². The number of hydrogen-bond acceptors (Lipinski definition) is 15. The van der Waals surface area contributed by atoms with E-state index in [4.69, 9.17) is 15.2 Å². The second-order valence-corrected chi connectivity index (χ2v) is 11.8. The van der Waals surface area contributed by atoms with E-state index in [9.17, 15) is 24.4 Å². The van der Waals surface area contributed by atoms with Crippen LogP contribution in [0.15, 0.2) is 34.0 Å². The summed E-state index contributed by atoms with van der Waals surface area (Å²) in [5.74, 6) is -2.03. The molecule has 1 fully saturated rings. The summed E-state index contributed by atoms with van der Waals surface area (Å²) < 4.78 is 11.8. The molecule has 41 heavy (non-hydrogen) atoms. The van der Waals surface area contributed by atoms with Crippen LogP contribution in [-0.2, 0) is 35.2 Å². The highest BCUT2D eigenvalue weighted by Crippen LogP contribution is 2.41. The molecule has 4 rings (SSSR count). The van der Waals surface area contributed by atoms with Gasteiger partial charge in [-0.3, -0.25) is 19.3 Å². The van der Waals surface area contributed by atoms with Crippen molar-refractivity contribution in [3.05, 3.63) is 40.3 Å². The molecule has 2 aromatic rings. The predicted molar refractivity (Wildman–Crippen MR) is 145 cm³/mol. The summed E-state index contributed by atoms with van der Waals surface area (Å²) in [5.41, 5.74) is 4.85. The Bertz CT molecular complexity index is 1460. The van der Waals surface area contributed by atoms with Gasteiger partial charge in [-0.2, -0.15) is 0 Å². The van der Waals surface area contributed by atoms with Crippen molar-refractivity contribution in [2.45, 2.75) is 45.7 Å². The number of thiazole rings is 1. The molecule has 16 nitrogen and oxygen atoms in total. The van der Waals surface area contributed by atoms with E-state index >= 15 is 0 Å². The van der Waals surface area contributed by atoms with Gasteiger partial charge in [0.15, 0.2) is 10.8 Å². The fraction of sp³-hybridized carbons (Fsp3) is 0.435. The number of aryl methyl sites for hydroxylation is 1. The normalized spacial score (nSPS) is 19.2. The van der Waals surface area contributed by atoms with Gasteiger partial charge < -0.3 is 25.7 Å². The number of nitrogens with one attached hydrogen (secondary N) is 1. The van der Waals surface area contributed by atoms with Crippen LogP contribution in [0.1, 0.15) is 32.3 Å². The Morgan fingerprint density at radius 2 is 2.07 bits per heavy atom. The van der Waals surface area contributed by atoms with Crippen molar-refractivity contribution < 1.29 is 33.9 Å². The van der Waals surface area contributed by atoms with E-state index in [0.717, 1.165) is 11.3 Å². The van der Waals surface area contributed by atoms with Crippen LogP contribution in [0.3, 0.4) is 0 Å². The van der Waals surface area contributed by atoms with E-state index in [0.29, 0.717) is 17.9 Å². The molecule has 2 aromatic heterocycles. The summed E-state index contributed by atoms with van der Waals surface area (Å²) >= 11 is 2.35. The smallest absolute Gasteiger partial charge is 0.358 e. The van der Waals surface area contributed by atoms with E-state index in [1.54, 1.807) is 39.8 Å². The minimum absolute atomic E-state index is 0.0478. The van der Waals surface area contributed by atoms with Crippen LogP contribution < -0.4 is 11.1 Å². The maximum atomic E-state index is 13.2. The number of carbonyl (C=O) groups is 4. The van der Waals surface area contributed by atoms with Gasteiger partial charge >= 0.3 is 11.9 Å². The SMILES string of the molecule is Cc1nnnn1C/C=C/C1=C(C(=O)OCOC(=O)C(C)(C)C)N2C(=O)C(NC(=O)C(=NO)c3csc(N)n3)[C@H]2SC1. The predicted octanol–water partition coefficient (Wildman–Crippen LogP) is 0.199. The number of esters is 2. The lowest BCUT2D eigenvalue weighted by Gasteiger charge is -2.49. The summed E-state index contributed by atoms with van der Waals surface area (Å²) in [6, 6.07) is -1.03. The Morgan fingerprint density at radius 3 is 2.68 bits per heavy atom. The van der Waals surface area contributed by atoms with Crippen molar-refractivity contribution in [1.29, 1.82) is 0 Å². The number of fused-ring (bicyclic) bond motifs is 1. The van der Waals surface area contributed by atoms with E-state index < -0.39 is 53.1 Å². The summed E-state index contributed by atoms with van der Waals surface area (Å²) in [6.07, 6.45) is 3.38. The van der Waals surface area contributed by atoms with Gasteiger partial charge in [0.25, 0.3) is 11.8 Å². The second kappa shape index (κ2) is 12.0. The Labute approximate surface area is 241 Å². The fourth-order valence-electron chi connectivity index (χ4n) is 3.71. The fourth-order valence-corrected chi connectivity index (χ4v) is 5.58. The molecule has 4 N–H and O–H groups in total. The van der Waals surface area contributed by atoms with Crippen LogP contribution in [0.4, 0.5) is 5.13 Å². The topological polar surface area (TPSA) is 217 Å². The molecule has 2 aliphatic heterocycles. The standard InChI is InChI=1S/C23H27N9O7S2/c1-11-27-29-30-31(11)7-5-6-12-8-40-19-15(26-17(33)14(28-37)13-9-41-22(24)25-13)18(34)32(19)16(12)20(35)38-10-39-21(36)23(2,3)4/h5-6,9,15,19,37H,7-8,10H2,1-4H3,(H2,24,25)(H,26,33)/b6-5+,28-14?/t15?,19-/m1/s1. The lowest BCUT2D eigenvalue weighted by Crippen LogP contribution is -2.71. The monoisotopic (exact) mass is 605 g/mol. The molecular formula is C23H27N9O7S2. The van der Waals surface area contributed by atoms with Gasteiger partial charge in [0.1, 0.15) is 28.6 Å². The van der Waals surface area contributed by atoms with Crippen molar-refractivity contribution in [3.8, 4) is 0 Å². The molecule has 0 bridgehead atoms. The number of anilines is 1. The first-order valence-electron chi connectivity index (χ1n) is 12.1. The lowest BCUT2D eigenvalue weighted by atomic mass is 9.98. The molecule has 2 aliphatic rings. The highest BCUT2D eigenvalue weighted by atomic mass is 32.2. The van der Waals surface area contributed by atoms with E-state index in [-0.39, 0.29) is 22.3 Å². The van der Waals surface area contributed by atoms with Crippen molar-refractivity contribution in [2.75, 3.05) is 18.3 Å². The van der Waals surface area contributed by atoms with Crippen molar-refractivity contribution >= 4 is 57.7 Å². The minimum Gasteiger partial charge on any atom is -0.427 e. The second-order valence-electron chi connectivity index (χ2n) is 9.80. The molecule has 2 atom stereocenters. The number of hydrogen-bond donors (Lipinski definition) is 3. The molecule has 0 spiro atoms. The molecular weight excluding hydrogens is 578 g/mol. The number of allylic oxidation sites excluding steroid dienone is 2. The maximum absolute atomic E-state index is 13.2. The Kier molecular flexibility index (Phi) is 8.72. The number of aromatic nitrogens is 5. The number of ether oxygens (including phenoxy) is 2. The van der Waals surface area contributed by atoms with E-state index in [1.165, 1.54) is 26.7 Å². The number of tetrazole rings is 1. The minimum atomic E-state index is -1.03. The zero-order chi connectivity index (χ0) is 29.9. The molecule has 0 saturated carbocycles.